The molecule has 9 heteroatoms. The van der Waals surface area contributed by atoms with E-state index in [0.717, 1.165) is 17.2 Å². The van der Waals surface area contributed by atoms with E-state index < -0.39 is 5.91 Å². The number of nitrogens with zero attached hydrogens (tertiary/aromatic N) is 3. The van der Waals surface area contributed by atoms with Gasteiger partial charge in [-0.05, 0) is 73.4 Å². The van der Waals surface area contributed by atoms with Crippen molar-refractivity contribution >= 4 is 39.8 Å². The fraction of sp³-hybridized carbons (Fsp3) is 0.333. The second-order valence-electron chi connectivity index (χ2n) is 8.32. The zero-order valence-corrected chi connectivity index (χ0v) is 21.7. The first-order valence-corrected chi connectivity index (χ1v) is 12.8. The molecule has 8 nitrogen and oxygen atoms in total. The maximum Gasteiger partial charge on any atom is 0.283 e. The summed E-state index contributed by atoms with van der Waals surface area (Å²) in [6, 6.07) is 13.5. The molecule has 0 radical (unpaired) electrons. The highest BCUT2D eigenvalue weighted by Gasteiger charge is 2.34. The zero-order valence-electron chi connectivity index (χ0n) is 20.9. The number of rotatable bonds is 10. The van der Waals surface area contributed by atoms with Crippen LogP contribution >= 0.6 is 11.8 Å². The Labute approximate surface area is 215 Å². The molecule has 2 aliphatic heterocycles. The van der Waals surface area contributed by atoms with Gasteiger partial charge in [-0.15, -0.1) is 0 Å². The lowest BCUT2D eigenvalue weighted by Crippen LogP contribution is -2.35. The van der Waals surface area contributed by atoms with Crippen molar-refractivity contribution in [1.82, 2.24) is 5.01 Å². The number of thioether (sulfide) groups is 1. The third-order valence-corrected chi connectivity index (χ3v) is 6.62. The van der Waals surface area contributed by atoms with E-state index in [4.69, 9.17) is 19.6 Å². The number of hydrazone groups is 1. The number of amides is 1. The molecule has 0 bridgehead atoms. The summed E-state index contributed by atoms with van der Waals surface area (Å²) in [5.41, 5.74) is 2.06. The van der Waals surface area contributed by atoms with Crippen LogP contribution < -0.4 is 14.2 Å². The number of amidine groups is 2. The number of ether oxygens (including phenoxy) is 3. The van der Waals surface area contributed by atoms with Gasteiger partial charge in [-0.25, -0.2) is 0 Å². The Morgan fingerprint density at radius 1 is 1.06 bits per heavy atom. The van der Waals surface area contributed by atoms with Gasteiger partial charge in [-0.1, -0.05) is 38.1 Å². The van der Waals surface area contributed by atoms with Gasteiger partial charge in [-0.3, -0.25) is 10.2 Å². The molecule has 2 aliphatic rings. The van der Waals surface area contributed by atoms with Gasteiger partial charge in [0, 0.05) is 0 Å². The fourth-order valence-electron chi connectivity index (χ4n) is 3.80. The Hall–Kier alpha value is -3.59. The summed E-state index contributed by atoms with van der Waals surface area (Å²) in [7, 11) is 0. The lowest BCUT2D eigenvalue weighted by Gasteiger charge is -2.20. The molecule has 0 aromatic heterocycles. The molecule has 0 saturated heterocycles. The van der Waals surface area contributed by atoms with Crippen LogP contribution in [0.1, 0.15) is 51.2 Å². The van der Waals surface area contributed by atoms with Crippen molar-refractivity contribution < 1.29 is 19.0 Å². The number of hydrogen-bond donors (Lipinski definition) is 1. The van der Waals surface area contributed by atoms with E-state index in [-0.39, 0.29) is 11.4 Å². The predicted molar refractivity (Wildman–Crippen MR) is 144 cm³/mol. The molecule has 36 heavy (non-hydrogen) atoms. The highest BCUT2D eigenvalue weighted by molar-refractivity contribution is 8.26. The second-order valence-corrected chi connectivity index (χ2v) is 9.48. The van der Waals surface area contributed by atoms with Crippen LogP contribution in [-0.4, -0.2) is 46.8 Å². The predicted octanol–water partition coefficient (Wildman–Crippen LogP) is 5.70. The molecule has 4 rings (SSSR count). The first-order chi connectivity index (χ1) is 17.4. The average Bonchev–Trinajstić information content (AvgIpc) is 3.25. The Morgan fingerprint density at radius 3 is 2.56 bits per heavy atom. The smallest absolute Gasteiger partial charge is 0.283 e. The minimum absolute atomic E-state index is 0.00228. The topological polar surface area (TPSA) is 96.6 Å². The first kappa shape index (κ1) is 25.5. The molecule has 0 spiro atoms. The van der Waals surface area contributed by atoms with E-state index in [1.807, 2.05) is 38.1 Å². The van der Waals surface area contributed by atoms with Gasteiger partial charge in [0.25, 0.3) is 5.91 Å². The van der Waals surface area contributed by atoms with Crippen LogP contribution in [0, 0.1) is 5.41 Å². The molecule has 2 aromatic carbocycles. The van der Waals surface area contributed by atoms with Crippen molar-refractivity contribution in [3.8, 4) is 17.2 Å². The molecule has 1 atom stereocenters. The van der Waals surface area contributed by atoms with Gasteiger partial charge < -0.3 is 14.2 Å². The average molecular weight is 507 g/mol. The second kappa shape index (κ2) is 11.4. The van der Waals surface area contributed by atoms with Crippen molar-refractivity contribution in [3.05, 3.63) is 59.2 Å². The van der Waals surface area contributed by atoms with Gasteiger partial charge in [0.1, 0.15) is 19.0 Å². The molecule has 188 valence electrons. The van der Waals surface area contributed by atoms with Gasteiger partial charge in [0.05, 0.1) is 17.2 Å². The Morgan fingerprint density at radius 2 is 1.81 bits per heavy atom. The maximum absolute atomic E-state index is 12.6. The summed E-state index contributed by atoms with van der Waals surface area (Å²) in [6.45, 7) is 9.26. The van der Waals surface area contributed by atoms with Crippen LogP contribution in [0.15, 0.2) is 58.1 Å². The van der Waals surface area contributed by atoms with E-state index in [1.165, 1.54) is 22.3 Å². The number of carbonyl (C=O) groups excluding carboxylic acids is 1. The SMILES string of the molecule is CCOc1cc(/C=C2\C(=N)N3N=C(C)SC3=NC2=O)ccc1OCCOc1ccccc1C(C)CC. The first-order valence-electron chi connectivity index (χ1n) is 12.0. The normalized spacial score (nSPS) is 17.0. The van der Waals surface area contributed by atoms with Crippen LogP contribution in [0.3, 0.4) is 0 Å². The molecular formula is C27H30N4O4S. The summed E-state index contributed by atoms with van der Waals surface area (Å²) in [6.07, 6.45) is 2.67. The number of benzene rings is 2. The molecule has 1 amide bonds. The molecule has 2 heterocycles. The number of carbonyl (C=O) groups is 1. The largest absolute Gasteiger partial charge is 0.490 e. The van der Waals surface area contributed by atoms with E-state index in [0.29, 0.717) is 48.0 Å². The quantitative estimate of drug-likeness (QED) is 0.328. The van der Waals surface area contributed by atoms with Crippen molar-refractivity contribution in [2.45, 2.75) is 40.0 Å². The number of aliphatic imine (C=N–C) groups is 1. The summed E-state index contributed by atoms with van der Waals surface area (Å²) in [5, 5.41) is 15.2. The summed E-state index contributed by atoms with van der Waals surface area (Å²) < 4.78 is 17.8. The maximum atomic E-state index is 12.6. The molecule has 0 fully saturated rings. The highest BCUT2D eigenvalue weighted by Crippen LogP contribution is 2.32. The summed E-state index contributed by atoms with van der Waals surface area (Å²) in [5.74, 6) is 1.97. The number of hydrogen-bond acceptors (Lipinski definition) is 7. The van der Waals surface area contributed by atoms with E-state index in [2.05, 4.69) is 30.0 Å². The lowest BCUT2D eigenvalue weighted by molar-refractivity contribution is -0.114. The van der Waals surface area contributed by atoms with E-state index >= 15 is 0 Å². The van der Waals surface area contributed by atoms with Crippen LogP contribution in [0.5, 0.6) is 17.2 Å². The molecule has 0 saturated carbocycles. The van der Waals surface area contributed by atoms with Crippen molar-refractivity contribution in [2.75, 3.05) is 19.8 Å². The molecule has 0 aliphatic carbocycles. The molecule has 1 N–H and O–H groups in total. The highest BCUT2D eigenvalue weighted by atomic mass is 32.2. The lowest BCUT2D eigenvalue weighted by atomic mass is 9.98. The van der Waals surface area contributed by atoms with E-state index in [9.17, 15) is 4.79 Å². The third-order valence-electron chi connectivity index (χ3n) is 5.79. The summed E-state index contributed by atoms with van der Waals surface area (Å²) in [4.78, 5) is 16.6. The minimum Gasteiger partial charge on any atom is -0.490 e. The fourth-order valence-corrected chi connectivity index (χ4v) is 4.53. The van der Waals surface area contributed by atoms with Crippen molar-refractivity contribution in [1.29, 1.82) is 5.41 Å². The number of para-hydroxylation sites is 1. The van der Waals surface area contributed by atoms with Gasteiger partial charge in [0.2, 0.25) is 5.17 Å². The van der Waals surface area contributed by atoms with Crippen LogP contribution in [0.25, 0.3) is 6.08 Å². The number of nitrogens with one attached hydrogen (secondary N) is 1. The van der Waals surface area contributed by atoms with Crippen LogP contribution in [-0.2, 0) is 4.79 Å². The van der Waals surface area contributed by atoms with Crippen LogP contribution in [0.4, 0.5) is 0 Å². The van der Waals surface area contributed by atoms with Crippen LogP contribution in [0.2, 0.25) is 0 Å². The Balaban J connectivity index is 1.45. The number of fused-ring (bicyclic) bond motifs is 1. The van der Waals surface area contributed by atoms with Gasteiger partial charge >= 0.3 is 0 Å². The minimum atomic E-state index is -0.461. The van der Waals surface area contributed by atoms with Gasteiger partial charge in [-0.2, -0.15) is 15.1 Å². The standard InChI is InChI=1S/C27H30N4O4S/c1-5-17(3)20-9-7-8-10-22(20)34-13-14-35-23-12-11-19(16-24(23)33-6-2)15-21-25(28)31-27(29-26(21)32)36-18(4)30-31/h7-12,15-17,28H,5-6,13-14H2,1-4H3/b21-15+,28-25?. The Bertz CT molecular complexity index is 1250. The van der Waals surface area contributed by atoms with Crippen molar-refractivity contribution in [3.63, 3.8) is 0 Å². The summed E-state index contributed by atoms with van der Waals surface area (Å²) >= 11 is 1.28. The van der Waals surface area contributed by atoms with Gasteiger partial charge in [0.15, 0.2) is 17.3 Å². The van der Waals surface area contributed by atoms with E-state index in [1.54, 1.807) is 18.2 Å². The third kappa shape index (κ3) is 5.62. The molecular weight excluding hydrogens is 476 g/mol. The zero-order chi connectivity index (χ0) is 25.7. The Kier molecular flexibility index (Phi) is 8.10. The monoisotopic (exact) mass is 506 g/mol. The molecule has 2 aromatic rings. The van der Waals surface area contributed by atoms with Crippen molar-refractivity contribution in [2.24, 2.45) is 10.1 Å². The molecule has 1 unspecified atom stereocenters.